The molecule has 0 fully saturated rings. The van der Waals surface area contributed by atoms with Crippen LogP contribution in [-0.4, -0.2) is 30.8 Å². The second-order valence-corrected chi connectivity index (χ2v) is 5.59. The standard InChI is InChI=1S/C18H14N4O3/c1-11-7-14-15(8-16(11)25-13-5-3-2-4-6-13)21-18(20-14)22-10-12(9-19-22)17(23)24/h2-10H,1H3,(H,20,21)(H,23,24). The molecule has 4 rings (SSSR count). The Kier molecular flexibility index (Phi) is 3.46. The van der Waals surface area contributed by atoms with Crippen molar-refractivity contribution in [2.45, 2.75) is 6.92 Å². The second-order valence-electron chi connectivity index (χ2n) is 5.59. The van der Waals surface area contributed by atoms with Crippen LogP contribution in [-0.2, 0) is 0 Å². The number of aromatic nitrogens is 4. The number of fused-ring (bicyclic) bond motifs is 1. The summed E-state index contributed by atoms with van der Waals surface area (Å²) in [7, 11) is 0. The second kappa shape index (κ2) is 5.79. The van der Waals surface area contributed by atoms with E-state index in [1.54, 1.807) is 0 Å². The van der Waals surface area contributed by atoms with Crippen molar-refractivity contribution in [1.29, 1.82) is 0 Å². The number of carboxylic acids is 1. The Bertz CT molecular complexity index is 1070. The Morgan fingerprint density at radius 2 is 2.04 bits per heavy atom. The van der Waals surface area contributed by atoms with E-state index in [4.69, 9.17) is 9.84 Å². The molecule has 0 aliphatic carbocycles. The number of hydrogen-bond acceptors (Lipinski definition) is 4. The molecule has 0 amide bonds. The topological polar surface area (TPSA) is 93.0 Å². The summed E-state index contributed by atoms with van der Waals surface area (Å²) in [6.07, 6.45) is 2.69. The van der Waals surface area contributed by atoms with E-state index in [1.807, 2.05) is 49.4 Å². The summed E-state index contributed by atoms with van der Waals surface area (Å²) in [5, 5.41) is 13.0. The van der Waals surface area contributed by atoms with E-state index >= 15 is 0 Å². The maximum Gasteiger partial charge on any atom is 0.338 e. The van der Waals surface area contributed by atoms with E-state index in [2.05, 4.69) is 15.1 Å². The average molecular weight is 334 g/mol. The minimum Gasteiger partial charge on any atom is -0.478 e. The summed E-state index contributed by atoms with van der Waals surface area (Å²) in [5.74, 6) is 0.873. The highest BCUT2D eigenvalue weighted by Gasteiger charge is 2.12. The number of carboxylic acid groups (broad SMARTS) is 1. The van der Waals surface area contributed by atoms with Gasteiger partial charge in [-0.05, 0) is 30.7 Å². The zero-order valence-electron chi connectivity index (χ0n) is 13.3. The van der Waals surface area contributed by atoms with Gasteiger partial charge in [-0.25, -0.2) is 14.5 Å². The van der Waals surface area contributed by atoms with Crippen LogP contribution in [0.2, 0.25) is 0 Å². The third-order valence-corrected chi connectivity index (χ3v) is 3.78. The van der Waals surface area contributed by atoms with E-state index in [9.17, 15) is 4.79 Å². The third kappa shape index (κ3) is 2.83. The fourth-order valence-electron chi connectivity index (χ4n) is 2.52. The lowest BCUT2D eigenvalue weighted by atomic mass is 10.2. The van der Waals surface area contributed by atoms with Crippen LogP contribution in [0, 0.1) is 6.92 Å². The largest absolute Gasteiger partial charge is 0.478 e. The number of rotatable bonds is 4. The van der Waals surface area contributed by atoms with Gasteiger partial charge >= 0.3 is 5.97 Å². The van der Waals surface area contributed by atoms with Crippen molar-refractivity contribution in [2.75, 3.05) is 0 Å². The molecule has 124 valence electrons. The van der Waals surface area contributed by atoms with Gasteiger partial charge in [-0.1, -0.05) is 18.2 Å². The van der Waals surface area contributed by atoms with Crippen molar-refractivity contribution >= 4 is 17.0 Å². The molecule has 0 saturated carbocycles. The van der Waals surface area contributed by atoms with Gasteiger partial charge in [0.25, 0.3) is 0 Å². The fraction of sp³-hybridized carbons (Fsp3) is 0.0556. The third-order valence-electron chi connectivity index (χ3n) is 3.78. The summed E-state index contributed by atoms with van der Waals surface area (Å²) >= 11 is 0. The summed E-state index contributed by atoms with van der Waals surface area (Å²) in [5.41, 5.74) is 2.59. The minimum absolute atomic E-state index is 0.102. The Hall–Kier alpha value is -3.61. The van der Waals surface area contributed by atoms with Gasteiger partial charge in [-0.2, -0.15) is 5.10 Å². The number of aryl methyl sites for hydroxylation is 1. The lowest BCUT2D eigenvalue weighted by molar-refractivity contribution is 0.0697. The quantitative estimate of drug-likeness (QED) is 0.595. The van der Waals surface area contributed by atoms with Gasteiger partial charge in [-0.15, -0.1) is 0 Å². The van der Waals surface area contributed by atoms with Crippen molar-refractivity contribution in [3.63, 3.8) is 0 Å². The van der Waals surface area contributed by atoms with Crippen molar-refractivity contribution in [3.05, 3.63) is 66.0 Å². The molecule has 2 aromatic heterocycles. The molecule has 4 aromatic rings. The molecule has 0 aliphatic rings. The number of para-hydroxylation sites is 1. The first-order valence-corrected chi connectivity index (χ1v) is 7.62. The van der Waals surface area contributed by atoms with Gasteiger partial charge in [-0.3, -0.25) is 0 Å². The molecule has 7 nitrogen and oxygen atoms in total. The summed E-state index contributed by atoms with van der Waals surface area (Å²) in [6, 6.07) is 13.3. The zero-order valence-corrected chi connectivity index (χ0v) is 13.3. The molecule has 7 heteroatoms. The molecular formula is C18H14N4O3. The van der Waals surface area contributed by atoms with Crippen LogP contribution >= 0.6 is 0 Å². The maximum atomic E-state index is 11.0. The first-order chi connectivity index (χ1) is 12.1. The van der Waals surface area contributed by atoms with Crippen LogP contribution in [0.5, 0.6) is 11.5 Å². The molecule has 0 unspecified atom stereocenters. The monoisotopic (exact) mass is 334 g/mol. The normalized spacial score (nSPS) is 10.9. The number of hydrogen-bond donors (Lipinski definition) is 2. The minimum atomic E-state index is -1.03. The van der Waals surface area contributed by atoms with Crippen molar-refractivity contribution < 1.29 is 14.6 Å². The molecule has 0 saturated heterocycles. The van der Waals surface area contributed by atoms with E-state index < -0.39 is 5.97 Å². The van der Waals surface area contributed by atoms with Crippen molar-refractivity contribution in [1.82, 2.24) is 19.7 Å². The fourth-order valence-corrected chi connectivity index (χ4v) is 2.52. The number of ether oxygens (including phenoxy) is 1. The molecule has 2 aromatic carbocycles. The lowest BCUT2D eigenvalue weighted by Crippen LogP contribution is -1.97. The predicted molar refractivity (Wildman–Crippen MR) is 91.4 cm³/mol. The highest BCUT2D eigenvalue weighted by Crippen LogP contribution is 2.29. The Labute approximate surface area is 142 Å². The Morgan fingerprint density at radius 1 is 1.24 bits per heavy atom. The van der Waals surface area contributed by atoms with Crippen LogP contribution in [0.1, 0.15) is 15.9 Å². The molecule has 0 bridgehead atoms. The Morgan fingerprint density at radius 3 is 2.76 bits per heavy atom. The van der Waals surface area contributed by atoms with E-state index in [0.29, 0.717) is 17.2 Å². The lowest BCUT2D eigenvalue weighted by Gasteiger charge is -2.08. The highest BCUT2D eigenvalue weighted by atomic mass is 16.5. The van der Waals surface area contributed by atoms with Crippen LogP contribution in [0.15, 0.2) is 54.9 Å². The number of carbonyl (C=O) groups is 1. The molecule has 2 N–H and O–H groups in total. The van der Waals surface area contributed by atoms with Gasteiger partial charge in [0.2, 0.25) is 5.95 Å². The molecule has 25 heavy (non-hydrogen) atoms. The SMILES string of the molecule is Cc1cc2[nH]c(-n3cc(C(=O)O)cn3)nc2cc1Oc1ccccc1. The number of nitrogens with zero attached hydrogens (tertiary/aromatic N) is 3. The number of imidazole rings is 1. The molecule has 0 radical (unpaired) electrons. The van der Waals surface area contributed by atoms with Gasteiger partial charge < -0.3 is 14.8 Å². The molecule has 0 spiro atoms. The molecule has 0 atom stereocenters. The number of H-pyrrole nitrogens is 1. The van der Waals surface area contributed by atoms with E-state index in [-0.39, 0.29) is 5.56 Å². The van der Waals surface area contributed by atoms with Crippen LogP contribution in [0.4, 0.5) is 0 Å². The smallest absolute Gasteiger partial charge is 0.338 e. The first-order valence-electron chi connectivity index (χ1n) is 7.62. The predicted octanol–water partition coefficient (Wildman–Crippen LogP) is 3.55. The number of aromatic amines is 1. The van der Waals surface area contributed by atoms with Crippen molar-refractivity contribution in [2.24, 2.45) is 0 Å². The average Bonchev–Trinajstić information content (AvgIpc) is 3.22. The molecule has 2 heterocycles. The highest BCUT2D eigenvalue weighted by molar-refractivity contribution is 5.87. The molecule has 0 aliphatic heterocycles. The summed E-state index contributed by atoms with van der Waals surface area (Å²) < 4.78 is 7.31. The first kappa shape index (κ1) is 14.9. The number of nitrogens with one attached hydrogen (secondary N) is 1. The number of aromatic carboxylic acids is 1. The van der Waals surface area contributed by atoms with Crippen LogP contribution in [0.25, 0.3) is 17.0 Å². The van der Waals surface area contributed by atoms with Gasteiger partial charge in [0, 0.05) is 12.3 Å². The van der Waals surface area contributed by atoms with Crippen LogP contribution in [0.3, 0.4) is 0 Å². The van der Waals surface area contributed by atoms with Gasteiger partial charge in [0.05, 0.1) is 22.8 Å². The van der Waals surface area contributed by atoms with Gasteiger partial charge in [0.15, 0.2) is 0 Å². The summed E-state index contributed by atoms with van der Waals surface area (Å²) in [4.78, 5) is 18.6. The number of benzene rings is 2. The van der Waals surface area contributed by atoms with Gasteiger partial charge in [0.1, 0.15) is 11.5 Å². The van der Waals surface area contributed by atoms with E-state index in [1.165, 1.54) is 17.1 Å². The van der Waals surface area contributed by atoms with Crippen LogP contribution < -0.4 is 4.74 Å². The van der Waals surface area contributed by atoms with Crippen molar-refractivity contribution in [3.8, 4) is 17.4 Å². The zero-order chi connectivity index (χ0) is 17.4. The molecular weight excluding hydrogens is 320 g/mol. The maximum absolute atomic E-state index is 11.0. The van der Waals surface area contributed by atoms with E-state index in [0.717, 1.165) is 16.8 Å². The Balaban J connectivity index is 1.72. The summed E-state index contributed by atoms with van der Waals surface area (Å²) in [6.45, 7) is 1.95.